The van der Waals surface area contributed by atoms with Gasteiger partial charge in [-0.2, -0.15) is 10.2 Å². The van der Waals surface area contributed by atoms with Crippen molar-refractivity contribution in [2.75, 3.05) is 11.5 Å². The van der Waals surface area contributed by atoms with Gasteiger partial charge in [0, 0.05) is 5.56 Å². The van der Waals surface area contributed by atoms with Gasteiger partial charge in [-0.05, 0) is 28.0 Å². The molecule has 0 saturated carbocycles. The number of nitrogen functional groups attached to an aromatic ring is 2. The lowest BCUT2D eigenvalue weighted by molar-refractivity contribution is 1.18. The number of nitrogens with zero attached hydrogens (tertiary/aromatic N) is 3. The molecule has 26 heavy (non-hydrogen) atoms. The minimum atomic E-state index is 0.0482. The van der Waals surface area contributed by atoms with Gasteiger partial charge in [0.2, 0.25) is 5.95 Å². The summed E-state index contributed by atoms with van der Waals surface area (Å²) in [6, 6.07) is 24.3. The van der Waals surface area contributed by atoms with Gasteiger partial charge in [0.05, 0.1) is 5.69 Å². The van der Waals surface area contributed by atoms with Gasteiger partial charge < -0.3 is 11.5 Å². The van der Waals surface area contributed by atoms with Gasteiger partial charge in [-0.3, -0.25) is 0 Å². The maximum Gasteiger partial charge on any atom is 0.222 e. The van der Waals surface area contributed by atoms with Crippen LogP contribution in [0.2, 0.25) is 0 Å². The first-order valence-electron chi connectivity index (χ1n) is 8.09. The Labute approximate surface area is 150 Å². The van der Waals surface area contributed by atoms with Crippen molar-refractivity contribution >= 4 is 22.5 Å². The number of hydrogen-bond donors (Lipinski definition) is 2. The third-order valence-corrected chi connectivity index (χ3v) is 4.30. The molecule has 124 valence electrons. The monoisotopic (exact) mass is 337 g/mol. The first kappa shape index (κ1) is 15.6. The number of aromatic nitrogens is 2. The van der Waals surface area contributed by atoms with E-state index < -0.39 is 0 Å². The second kappa shape index (κ2) is 6.19. The molecule has 5 heteroatoms. The average molecular weight is 337 g/mol. The highest BCUT2D eigenvalue weighted by atomic mass is 15.0. The van der Waals surface area contributed by atoms with E-state index in [9.17, 15) is 5.26 Å². The van der Waals surface area contributed by atoms with Gasteiger partial charge in [-0.25, -0.2) is 4.98 Å². The minimum absolute atomic E-state index is 0.0482. The lowest BCUT2D eigenvalue weighted by Crippen LogP contribution is -2.05. The van der Waals surface area contributed by atoms with Crippen LogP contribution in [0, 0.1) is 11.3 Å². The highest BCUT2D eigenvalue weighted by molar-refractivity contribution is 5.97. The summed E-state index contributed by atoms with van der Waals surface area (Å²) < 4.78 is 0. The van der Waals surface area contributed by atoms with Crippen molar-refractivity contribution in [2.45, 2.75) is 0 Å². The highest BCUT2D eigenvalue weighted by Gasteiger charge is 2.14. The molecule has 3 aromatic carbocycles. The summed E-state index contributed by atoms with van der Waals surface area (Å²) in [5.41, 5.74) is 15.2. The number of nitriles is 1. The predicted octanol–water partition coefficient (Wildman–Crippen LogP) is 4.00. The summed E-state index contributed by atoms with van der Waals surface area (Å²) in [4.78, 5) is 8.11. The highest BCUT2D eigenvalue weighted by Crippen LogP contribution is 2.32. The van der Waals surface area contributed by atoms with E-state index in [1.165, 1.54) is 5.39 Å². The molecule has 1 aromatic heterocycles. The smallest absolute Gasteiger partial charge is 0.222 e. The number of hydrogen-bond acceptors (Lipinski definition) is 5. The summed E-state index contributed by atoms with van der Waals surface area (Å²) in [7, 11) is 0. The van der Waals surface area contributed by atoms with Crippen molar-refractivity contribution in [1.82, 2.24) is 9.97 Å². The van der Waals surface area contributed by atoms with E-state index in [1.54, 1.807) is 0 Å². The van der Waals surface area contributed by atoms with Gasteiger partial charge in [0.15, 0.2) is 0 Å². The van der Waals surface area contributed by atoms with Crippen LogP contribution in [0.5, 0.6) is 0 Å². The Morgan fingerprint density at radius 2 is 1.54 bits per heavy atom. The number of fused-ring (bicyclic) bond motifs is 1. The molecule has 0 aliphatic rings. The maximum atomic E-state index is 9.43. The van der Waals surface area contributed by atoms with E-state index in [0.717, 1.165) is 22.1 Å². The molecule has 0 saturated heterocycles. The van der Waals surface area contributed by atoms with Crippen molar-refractivity contribution in [3.8, 4) is 28.5 Å². The van der Waals surface area contributed by atoms with Gasteiger partial charge in [0.25, 0.3) is 0 Å². The Bertz CT molecular complexity index is 1170. The maximum absolute atomic E-state index is 9.43. The third-order valence-electron chi connectivity index (χ3n) is 4.30. The van der Waals surface area contributed by atoms with Crippen molar-refractivity contribution in [3.63, 3.8) is 0 Å². The van der Waals surface area contributed by atoms with E-state index in [2.05, 4.69) is 40.3 Å². The fraction of sp³-hybridized carbons (Fsp3) is 0. The first-order valence-corrected chi connectivity index (χ1v) is 8.09. The second-order valence-electron chi connectivity index (χ2n) is 5.91. The molecule has 4 N–H and O–H groups in total. The molecule has 0 fully saturated rings. The molecule has 1 heterocycles. The van der Waals surface area contributed by atoms with Gasteiger partial charge in [-0.1, -0.05) is 60.7 Å². The standard InChI is InChI=1S/C21H15N5/c22-12-18-19(25-21(24)26-20(18)23)15-8-3-7-14(11-15)17-10-4-6-13-5-1-2-9-16(13)17/h1-11H,(H4,23,24,25,26). The molecular weight excluding hydrogens is 322 g/mol. The fourth-order valence-electron chi connectivity index (χ4n) is 3.13. The van der Waals surface area contributed by atoms with Crippen molar-refractivity contribution < 1.29 is 0 Å². The Morgan fingerprint density at radius 3 is 2.38 bits per heavy atom. The summed E-state index contributed by atoms with van der Waals surface area (Å²) >= 11 is 0. The molecular formula is C21H15N5. The Hall–Kier alpha value is -3.91. The van der Waals surface area contributed by atoms with Crippen LogP contribution in [0.25, 0.3) is 33.2 Å². The number of anilines is 2. The van der Waals surface area contributed by atoms with Crippen LogP contribution in [-0.4, -0.2) is 9.97 Å². The molecule has 5 nitrogen and oxygen atoms in total. The van der Waals surface area contributed by atoms with Crippen molar-refractivity contribution in [1.29, 1.82) is 5.26 Å². The summed E-state index contributed by atoms with van der Waals surface area (Å²) in [5.74, 6) is 0.137. The first-order chi connectivity index (χ1) is 12.7. The van der Waals surface area contributed by atoms with Crippen LogP contribution in [-0.2, 0) is 0 Å². The second-order valence-corrected chi connectivity index (χ2v) is 5.91. The third kappa shape index (κ3) is 2.60. The minimum Gasteiger partial charge on any atom is -0.382 e. The van der Waals surface area contributed by atoms with Crippen LogP contribution in [0.1, 0.15) is 5.56 Å². The molecule has 0 aliphatic heterocycles. The largest absolute Gasteiger partial charge is 0.382 e. The number of benzene rings is 3. The summed E-state index contributed by atoms with van der Waals surface area (Å²) in [6.45, 7) is 0. The predicted molar refractivity (Wildman–Crippen MR) is 104 cm³/mol. The zero-order chi connectivity index (χ0) is 18.1. The molecule has 0 aliphatic carbocycles. The Morgan fingerprint density at radius 1 is 0.808 bits per heavy atom. The van der Waals surface area contributed by atoms with E-state index in [1.807, 2.05) is 42.5 Å². The van der Waals surface area contributed by atoms with Crippen LogP contribution in [0.4, 0.5) is 11.8 Å². The summed E-state index contributed by atoms with van der Waals surface area (Å²) in [6.07, 6.45) is 0. The zero-order valence-electron chi connectivity index (χ0n) is 13.8. The Kier molecular flexibility index (Phi) is 3.71. The van der Waals surface area contributed by atoms with Crippen LogP contribution in [0.15, 0.2) is 66.7 Å². The SMILES string of the molecule is N#Cc1c(N)nc(N)nc1-c1cccc(-c2cccc3ccccc23)c1. The lowest BCUT2D eigenvalue weighted by atomic mass is 9.96. The lowest BCUT2D eigenvalue weighted by Gasteiger charge is -2.10. The Balaban J connectivity index is 1.93. The molecule has 0 spiro atoms. The van der Waals surface area contributed by atoms with Crippen molar-refractivity contribution in [3.05, 3.63) is 72.3 Å². The van der Waals surface area contributed by atoms with Crippen LogP contribution < -0.4 is 11.5 Å². The molecule has 0 amide bonds. The van der Waals surface area contributed by atoms with Crippen LogP contribution >= 0.6 is 0 Å². The van der Waals surface area contributed by atoms with E-state index in [4.69, 9.17) is 11.5 Å². The fourth-order valence-corrected chi connectivity index (χ4v) is 3.13. The van der Waals surface area contributed by atoms with E-state index >= 15 is 0 Å². The molecule has 0 radical (unpaired) electrons. The normalized spacial score (nSPS) is 10.6. The molecule has 4 aromatic rings. The van der Waals surface area contributed by atoms with Gasteiger partial charge >= 0.3 is 0 Å². The zero-order valence-corrected chi connectivity index (χ0v) is 13.8. The van der Waals surface area contributed by atoms with Gasteiger partial charge in [-0.15, -0.1) is 0 Å². The summed E-state index contributed by atoms with van der Waals surface area (Å²) in [5, 5.41) is 11.8. The van der Waals surface area contributed by atoms with Gasteiger partial charge in [0.1, 0.15) is 17.5 Å². The number of rotatable bonds is 2. The molecule has 0 unspecified atom stereocenters. The topological polar surface area (TPSA) is 102 Å². The van der Waals surface area contributed by atoms with E-state index in [0.29, 0.717) is 5.69 Å². The molecule has 0 atom stereocenters. The van der Waals surface area contributed by atoms with E-state index in [-0.39, 0.29) is 17.3 Å². The van der Waals surface area contributed by atoms with Crippen molar-refractivity contribution in [2.24, 2.45) is 0 Å². The quantitative estimate of drug-likeness (QED) is 0.575. The molecule has 0 bridgehead atoms. The molecule has 4 rings (SSSR count). The average Bonchev–Trinajstić information content (AvgIpc) is 2.67. The number of nitrogens with two attached hydrogens (primary N) is 2. The van der Waals surface area contributed by atoms with Crippen LogP contribution in [0.3, 0.4) is 0 Å².